The number of rotatable bonds is 5. The van der Waals surface area contributed by atoms with Crippen LogP contribution in [-0.4, -0.2) is 40.9 Å². The Morgan fingerprint density at radius 2 is 1.75 bits per heavy atom. The van der Waals surface area contributed by atoms with E-state index in [0.717, 1.165) is 32.7 Å². The van der Waals surface area contributed by atoms with Crippen molar-refractivity contribution in [3.63, 3.8) is 0 Å². The minimum Gasteiger partial charge on any atom is -0.377 e. The van der Waals surface area contributed by atoms with E-state index in [-0.39, 0.29) is 5.92 Å². The second kappa shape index (κ2) is 7.90. The second-order valence-corrected chi connectivity index (χ2v) is 7.94. The smallest absolute Gasteiger partial charge is 0.0788 e. The normalized spacial score (nSPS) is 19.8. The Hall–Kier alpha value is -2.43. The highest BCUT2D eigenvalue weighted by atomic mass is 16.5. The van der Waals surface area contributed by atoms with Crippen LogP contribution in [0.4, 0.5) is 0 Å². The van der Waals surface area contributed by atoms with E-state index in [4.69, 9.17) is 9.84 Å². The number of benzene rings is 2. The van der Waals surface area contributed by atoms with Crippen molar-refractivity contribution in [3.05, 3.63) is 88.7 Å². The summed E-state index contributed by atoms with van der Waals surface area (Å²) in [6.07, 6.45) is 3.82. The van der Waals surface area contributed by atoms with Crippen molar-refractivity contribution >= 4 is 0 Å². The first-order chi connectivity index (χ1) is 13.9. The lowest BCUT2D eigenvalue weighted by molar-refractivity contribution is 0.0686. The molecule has 0 radical (unpaired) electrons. The van der Waals surface area contributed by atoms with Crippen LogP contribution in [0.2, 0.25) is 0 Å². The van der Waals surface area contributed by atoms with Gasteiger partial charge >= 0.3 is 0 Å². The molecule has 144 valence electrons. The number of nitrogens with zero attached hydrogens (tertiary/aromatic N) is 2. The number of fused-ring (bicyclic) bond motifs is 1. The lowest BCUT2D eigenvalue weighted by atomic mass is 9.85. The number of aromatic nitrogens is 2. The molecule has 1 N–H and O–H groups in total. The molecule has 2 aliphatic rings. The van der Waals surface area contributed by atoms with Gasteiger partial charge in [0.25, 0.3) is 0 Å². The summed E-state index contributed by atoms with van der Waals surface area (Å²) in [5.74, 6) is 0.157. The monoisotopic (exact) mass is 373 g/mol. The molecule has 4 heteroatoms. The van der Waals surface area contributed by atoms with E-state index >= 15 is 0 Å². The zero-order valence-corrected chi connectivity index (χ0v) is 16.2. The molecule has 1 fully saturated rings. The summed E-state index contributed by atoms with van der Waals surface area (Å²) in [5.41, 5.74) is 6.43. The fraction of sp³-hybridized carbons (Fsp3) is 0.375. The van der Waals surface area contributed by atoms with Gasteiger partial charge in [-0.2, -0.15) is 5.10 Å². The highest BCUT2D eigenvalue weighted by Crippen LogP contribution is 2.35. The van der Waals surface area contributed by atoms with Crippen LogP contribution in [0.25, 0.3) is 0 Å². The number of ether oxygens (including phenoxy) is 1. The molecule has 0 bridgehead atoms. The third kappa shape index (κ3) is 3.50. The van der Waals surface area contributed by atoms with Gasteiger partial charge in [0.15, 0.2) is 0 Å². The first kappa shape index (κ1) is 17.7. The van der Waals surface area contributed by atoms with Gasteiger partial charge in [-0.25, -0.2) is 0 Å². The molecule has 3 heterocycles. The highest BCUT2D eigenvalue weighted by molar-refractivity contribution is 5.44. The van der Waals surface area contributed by atoms with Crippen LogP contribution < -0.4 is 0 Å². The van der Waals surface area contributed by atoms with Crippen molar-refractivity contribution in [1.82, 2.24) is 15.1 Å². The van der Waals surface area contributed by atoms with E-state index in [1.807, 2.05) is 0 Å². The van der Waals surface area contributed by atoms with E-state index in [1.54, 1.807) is 0 Å². The molecule has 3 aromatic rings. The molecule has 5 rings (SSSR count). The standard InChI is InChI=1S/C24H27N3O/c1-3-8-18(9-4-1)23(19-10-5-2-6-11-19)24-21-17-27(14-13-22(21)25-26-24)16-20-12-7-15-28-20/h1-6,8-11,20,23H,7,12-17H2,(H,25,26). The number of hydrogen-bond acceptors (Lipinski definition) is 3. The van der Waals surface area contributed by atoms with Gasteiger partial charge in [0.2, 0.25) is 0 Å². The fourth-order valence-electron chi connectivity index (χ4n) is 4.64. The van der Waals surface area contributed by atoms with E-state index in [1.165, 1.54) is 40.9 Å². The predicted molar refractivity (Wildman–Crippen MR) is 110 cm³/mol. The summed E-state index contributed by atoms with van der Waals surface area (Å²) in [7, 11) is 0. The molecule has 2 aliphatic heterocycles. The maximum atomic E-state index is 5.88. The van der Waals surface area contributed by atoms with Crippen LogP contribution in [0.1, 0.15) is 46.8 Å². The quantitative estimate of drug-likeness (QED) is 0.731. The Balaban J connectivity index is 1.48. The number of aromatic amines is 1. The lowest BCUT2D eigenvalue weighted by Crippen LogP contribution is -2.36. The topological polar surface area (TPSA) is 41.2 Å². The Bertz CT molecular complexity index is 861. The van der Waals surface area contributed by atoms with Gasteiger partial charge in [-0.05, 0) is 24.0 Å². The molecule has 1 unspecified atom stereocenters. The summed E-state index contributed by atoms with van der Waals surface area (Å²) < 4.78 is 5.88. The van der Waals surface area contributed by atoms with Gasteiger partial charge in [-0.3, -0.25) is 10.00 Å². The minimum absolute atomic E-state index is 0.157. The van der Waals surface area contributed by atoms with Gasteiger partial charge in [0.05, 0.1) is 17.7 Å². The molecule has 1 saturated heterocycles. The minimum atomic E-state index is 0.157. The SMILES string of the molecule is c1ccc(C(c2ccccc2)c2n[nH]c3c2CN(CC2CCCO2)CC3)cc1. The first-order valence-electron chi connectivity index (χ1n) is 10.4. The van der Waals surface area contributed by atoms with Crippen LogP contribution in [0.5, 0.6) is 0 Å². The number of H-pyrrole nitrogens is 1. The van der Waals surface area contributed by atoms with Crippen molar-refractivity contribution in [3.8, 4) is 0 Å². The molecule has 1 aromatic heterocycles. The number of nitrogens with one attached hydrogen (secondary N) is 1. The maximum absolute atomic E-state index is 5.88. The highest BCUT2D eigenvalue weighted by Gasteiger charge is 2.29. The van der Waals surface area contributed by atoms with Crippen molar-refractivity contribution in [2.75, 3.05) is 19.7 Å². The Morgan fingerprint density at radius 3 is 2.39 bits per heavy atom. The summed E-state index contributed by atoms with van der Waals surface area (Å²) in [4.78, 5) is 2.55. The van der Waals surface area contributed by atoms with Crippen LogP contribution in [0.15, 0.2) is 60.7 Å². The Morgan fingerprint density at radius 1 is 1.04 bits per heavy atom. The summed E-state index contributed by atoms with van der Waals surface area (Å²) in [6.45, 7) is 3.99. The molecular formula is C24H27N3O. The van der Waals surface area contributed by atoms with Gasteiger partial charge in [0.1, 0.15) is 0 Å². The zero-order valence-electron chi connectivity index (χ0n) is 16.2. The maximum Gasteiger partial charge on any atom is 0.0788 e. The molecule has 4 nitrogen and oxygen atoms in total. The molecule has 0 spiro atoms. The average Bonchev–Trinajstić information content (AvgIpc) is 3.40. The fourth-order valence-corrected chi connectivity index (χ4v) is 4.64. The Kier molecular flexibility index (Phi) is 4.98. The van der Waals surface area contributed by atoms with Crippen molar-refractivity contribution in [2.24, 2.45) is 0 Å². The summed E-state index contributed by atoms with van der Waals surface area (Å²) in [5, 5.41) is 8.19. The van der Waals surface area contributed by atoms with Gasteiger partial charge in [-0.1, -0.05) is 60.7 Å². The molecule has 0 aliphatic carbocycles. The first-order valence-corrected chi connectivity index (χ1v) is 10.4. The zero-order chi connectivity index (χ0) is 18.8. The molecule has 28 heavy (non-hydrogen) atoms. The van der Waals surface area contributed by atoms with E-state index in [2.05, 4.69) is 70.7 Å². The van der Waals surface area contributed by atoms with Crippen LogP contribution in [0, 0.1) is 0 Å². The van der Waals surface area contributed by atoms with E-state index in [0.29, 0.717) is 6.10 Å². The predicted octanol–water partition coefficient (Wildman–Crippen LogP) is 4.13. The van der Waals surface area contributed by atoms with Crippen molar-refractivity contribution in [1.29, 1.82) is 0 Å². The van der Waals surface area contributed by atoms with E-state index < -0.39 is 0 Å². The summed E-state index contributed by atoms with van der Waals surface area (Å²) >= 11 is 0. The van der Waals surface area contributed by atoms with Crippen LogP contribution in [0.3, 0.4) is 0 Å². The molecular weight excluding hydrogens is 346 g/mol. The van der Waals surface area contributed by atoms with Crippen LogP contribution in [-0.2, 0) is 17.7 Å². The van der Waals surface area contributed by atoms with E-state index in [9.17, 15) is 0 Å². The summed E-state index contributed by atoms with van der Waals surface area (Å²) in [6, 6.07) is 21.5. The van der Waals surface area contributed by atoms with Crippen LogP contribution >= 0.6 is 0 Å². The lowest BCUT2D eigenvalue weighted by Gasteiger charge is -2.30. The third-order valence-corrected chi connectivity index (χ3v) is 6.07. The Labute approximate surface area is 166 Å². The van der Waals surface area contributed by atoms with Gasteiger partial charge < -0.3 is 4.74 Å². The second-order valence-electron chi connectivity index (χ2n) is 7.94. The van der Waals surface area contributed by atoms with Crippen molar-refractivity contribution in [2.45, 2.75) is 37.8 Å². The van der Waals surface area contributed by atoms with Crippen molar-refractivity contribution < 1.29 is 4.74 Å². The third-order valence-electron chi connectivity index (χ3n) is 6.07. The average molecular weight is 374 g/mol. The molecule has 2 aromatic carbocycles. The molecule has 1 atom stereocenters. The number of hydrogen-bond donors (Lipinski definition) is 1. The van der Waals surface area contributed by atoms with Gasteiger partial charge in [0, 0.05) is 43.9 Å². The molecule has 0 saturated carbocycles. The largest absolute Gasteiger partial charge is 0.377 e. The van der Waals surface area contributed by atoms with Gasteiger partial charge in [-0.15, -0.1) is 0 Å². The molecule has 0 amide bonds.